The Morgan fingerprint density at radius 2 is 2.24 bits per heavy atom. The van der Waals surface area contributed by atoms with Crippen molar-refractivity contribution in [1.82, 2.24) is 25.5 Å². The smallest absolute Gasteiger partial charge is 0.204 e. The molecule has 6 heteroatoms. The van der Waals surface area contributed by atoms with Gasteiger partial charge in [-0.3, -0.25) is 4.90 Å². The number of benzene rings is 1. The van der Waals surface area contributed by atoms with Crippen LogP contribution < -0.4 is 5.32 Å². The summed E-state index contributed by atoms with van der Waals surface area (Å²) in [6.07, 6.45) is 3.97. The van der Waals surface area contributed by atoms with E-state index in [2.05, 4.69) is 49.9 Å². The third-order valence-corrected chi connectivity index (χ3v) is 4.48. The van der Waals surface area contributed by atoms with Crippen LogP contribution in [0, 0.1) is 0 Å². The predicted octanol–water partition coefficient (Wildman–Crippen LogP) is 1.90. The first-order valence-electron chi connectivity index (χ1n) is 7.66. The fourth-order valence-electron chi connectivity index (χ4n) is 3.34. The van der Waals surface area contributed by atoms with E-state index in [-0.39, 0.29) is 0 Å². The minimum absolute atomic E-state index is 0.529. The molecule has 0 bridgehead atoms. The molecule has 1 aromatic heterocycles. The van der Waals surface area contributed by atoms with E-state index in [1.165, 1.54) is 19.3 Å². The highest BCUT2D eigenvalue weighted by Gasteiger charge is 2.38. The lowest BCUT2D eigenvalue weighted by Gasteiger charge is -2.20. The van der Waals surface area contributed by atoms with Gasteiger partial charge in [0.2, 0.25) is 5.82 Å². The van der Waals surface area contributed by atoms with Gasteiger partial charge in [-0.05, 0) is 43.5 Å². The lowest BCUT2D eigenvalue weighted by molar-refractivity contribution is 0.257. The van der Waals surface area contributed by atoms with Crippen molar-refractivity contribution < 1.29 is 0 Å². The minimum atomic E-state index is 0.529. The zero-order valence-electron chi connectivity index (χ0n) is 12.2. The maximum absolute atomic E-state index is 4.03. The molecule has 0 radical (unpaired) electrons. The van der Waals surface area contributed by atoms with Crippen LogP contribution in [0.15, 0.2) is 24.3 Å². The third-order valence-electron chi connectivity index (χ3n) is 4.48. The Balaban J connectivity index is 1.46. The second kappa shape index (κ2) is 5.11. The van der Waals surface area contributed by atoms with Gasteiger partial charge in [-0.2, -0.15) is 5.21 Å². The van der Waals surface area contributed by atoms with Crippen LogP contribution in [-0.2, 0) is 0 Å². The van der Waals surface area contributed by atoms with E-state index in [1.54, 1.807) is 0 Å². The summed E-state index contributed by atoms with van der Waals surface area (Å²) in [4.78, 5) is 2.65. The molecule has 1 aromatic carbocycles. The molecule has 2 aliphatic rings. The number of rotatable bonds is 4. The average molecular weight is 284 g/mol. The van der Waals surface area contributed by atoms with Crippen molar-refractivity contribution >= 4 is 5.69 Å². The fourth-order valence-corrected chi connectivity index (χ4v) is 3.34. The van der Waals surface area contributed by atoms with Crippen molar-refractivity contribution in [3.05, 3.63) is 24.3 Å². The van der Waals surface area contributed by atoms with Crippen LogP contribution >= 0.6 is 0 Å². The van der Waals surface area contributed by atoms with Gasteiger partial charge in [-0.1, -0.05) is 12.1 Å². The molecule has 2 atom stereocenters. The maximum atomic E-state index is 4.03. The number of hydrogen-bond donors (Lipinski definition) is 2. The molecule has 1 aliphatic carbocycles. The van der Waals surface area contributed by atoms with E-state index >= 15 is 0 Å². The molecule has 110 valence electrons. The van der Waals surface area contributed by atoms with E-state index in [1.807, 2.05) is 12.1 Å². The van der Waals surface area contributed by atoms with Crippen LogP contribution in [0.3, 0.4) is 0 Å². The largest absolute Gasteiger partial charge is 0.381 e. The van der Waals surface area contributed by atoms with E-state index in [9.17, 15) is 0 Å². The normalized spacial score (nSPS) is 26.1. The van der Waals surface area contributed by atoms with Gasteiger partial charge >= 0.3 is 0 Å². The molecule has 1 saturated heterocycles. The Kier molecular flexibility index (Phi) is 3.11. The van der Waals surface area contributed by atoms with Gasteiger partial charge < -0.3 is 5.32 Å². The standard InChI is InChI=1S/C15H20N6/c1-10-7-13(9-21(10)14-5-6-14)16-12-4-2-3-11(8-12)15-17-19-20-18-15/h2-4,8,10,13-14,16H,5-7,9H2,1H3,(H,17,18,19,20). The number of aromatic amines is 1. The van der Waals surface area contributed by atoms with E-state index in [0.717, 1.165) is 23.8 Å². The minimum Gasteiger partial charge on any atom is -0.381 e. The topological polar surface area (TPSA) is 69.7 Å². The summed E-state index contributed by atoms with van der Waals surface area (Å²) in [6, 6.07) is 10.3. The average Bonchev–Trinajstić information content (AvgIpc) is 3.04. The first kappa shape index (κ1) is 12.8. The van der Waals surface area contributed by atoms with Gasteiger partial charge in [0.1, 0.15) is 0 Å². The molecular weight excluding hydrogens is 264 g/mol. The van der Waals surface area contributed by atoms with Crippen LogP contribution in [0.2, 0.25) is 0 Å². The Hall–Kier alpha value is -1.95. The molecule has 6 nitrogen and oxygen atoms in total. The zero-order valence-corrected chi connectivity index (χ0v) is 12.2. The van der Waals surface area contributed by atoms with Gasteiger partial charge in [-0.25, -0.2) is 0 Å². The molecule has 0 spiro atoms. The van der Waals surface area contributed by atoms with Gasteiger partial charge in [0.05, 0.1) is 0 Å². The quantitative estimate of drug-likeness (QED) is 0.897. The molecule has 2 aromatic rings. The molecular formula is C15H20N6. The van der Waals surface area contributed by atoms with Crippen molar-refractivity contribution in [2.24, 2.45) is 0 Å². The zero-order chi connectivity index (χ0) is 14.2. The van der Waals surface area contributed by atoms with Gasteiger partial charge in [0.15, 0.2) is 0 Å². The van der Waals surface area contributed by atoms with Crippen LogP contribution in [0.5, 0.6) is 0 Å². The first-order valence-corrected chi connectivity index (χ1v) is 7.66. The van der Waals surface area contributed by atoms with E-state index in [4.69, 9.17) is 0 Å². The lowest BCUT2D eigenvalue weighted by atomic mass is 10.1. The monoisotopic (exact) mass is 284 g/mol. The molecule has 1 aliphatic heterocycles. The molecule has 2 fully saturated rings. The predicted molar refractivity (Wildman–Crippen MR) is 80.8 cm³/mol. The molecule has 1 saturated carbocycles. The number of likely N-dealkylation sites (tertiary alicyclic amines) is 1. The van der Waals surface area contributed by atoms with Crippen molar-refractivity contribution in [2.45, 2.75) is 44.3 Å². The third kappa shape index (κ3) is 2.63. The Labute approximate surface area is 123 Å². The molecule has 2 N–H and O–H groups in total. The van der Waals surface area contributed by atoms with Gasteiger partial charge in [0, 0.05) is 35.9 Å². The number of tetrazole rings is 1. The highest BCUT2D eigenvalue weighted by Crippen LogP contribution is 2.34. The second-order valence-corrected chi connectivity index (χ2v) is 6.17. The van der Waals surface area contributed by atoms with Crippen LogP contribution in [-0.4, -0.2) is 50.2 Å². The van der Waals surface area contributed by atoms with Crippen molar-refractivity contribution in [1.29, 1.82) is 0 Å². The van der Waals surface area contributed by atoms with Gasteiger partial charge in [-0.15, -0.1) is 10.2 Å². The molecule has 0 amide bonds. The summed E-state index contributed by atoms with van der Waals surface area (Å²) in [5, 5.41) is 17.8. The number of hydrogen-bond acceptors (Lipinski definition) is 5. The van der Waals surface area contributed by atoms with Gasteiger partial charge in [0.25, 0.3) is 0 Å². The first-order chi connectivity index (χ1) is 10.3. The lowest BCUT2D eigenvalue weighted by Crippen LogP contribution is -2.31. The summed E-state index contributed by atoms with van der Waals surface area (Å²) in [5.41, 5.74) is 2.12. The number of anilines is 1. The molecule has 2 unspecified atom stereocenters. The molecule has 2 heterocycles. The SMILES string of the molecule is CC1CC(Nc2cccc(-c3nn[nH]n3)c2)CN1C1CC1. The molecule has 4 rings (SSSR count). The summed E-state index contributed by atoms with van der Waals surface area (Å²) in [6.45, 7) is 3.49. The number of nitrogens with zero attached hydrogens (tertiary/aromatic N) is 4. The highest BCUT2D eigenvalue weighted by molar-refractivity contribution is 5.62. The Morgan fingerprint density at radius 1 is 1.33 bits per heavy atom. The van der Waals surface area contributed by atoms with Crippen molar-refractivity contribution in [3.8, 4) is 11.4 Å². The van der Waals surface area contributed by atoms with Crippen LogP contribution in [0.4, 0.5) is 5.69 Å². The fraction of sp³-hybridized carbons (Fsp3) is 0.533. The number of H-pyrrole nitrogens is 1. The van der Waals surface area contributed by atoms with Crippen molar-refractivity contribution in [3.63, 3.8) is 0 Å². The number of nitrogens with one attached hydrogen (secondary N) is 2. The summed E-state index contributed by atoms with van der Waals surface area (Å²) in [7, 11) is 0. The molecule has 21 heavy (non-hydrogen) atoms. The highest BCUT2D eigenvalue weighted by atomic mass is 15.5. The van der Waals surface area contributed by atoms with Crippen LogP contribution in [0.25, 0.3) is 11.4 Å². The Bertz CT molecular complexity index is 606. The van der Waals surface area contributed by atoms with E-state index in [0.29, 0.717) is 17.9 Å². The van der Waals surface area contributed by atoms with Crippen molar-refractivity contribution in [2.75, 3.05) is 11.9 Å². The second-order valence-electron chi connectivity index (χ2n) is 6.17. The number of aromatic nitrogens is 4. The summed E-state index contributed by atoms with van der Waals surface area (Å²) >= 11 is 0. The summed E-state index contributed by atoms with van der Waals surface area (Å²) in [5.74, 6) is 0.637. The summed E-state index contributed by atoms with van der Waals surface area (Å²) < 4.78 is 0. The van der Waals surface area contributed by atoms with Crippen LogP contribution in [0.1, 0.15) is 26.2 Å². The Morgan fingerprint density at radius 3 is 3.00 bits per heavy atom. The van der Waals surface area contributed by atoms with E-state index < -0.39 is 0 Å². The maximum Gasteiger partial charge on any atom is 0.204 e.